The molecule has 17 heavy (non-hydrogen) atoms. The molecule has 0 saturated carbocycles. The zero-order valence-corrected chi connectivity index (χ0v) is 10.4. The standard InChI is InChI=1S/C12H16N2O2S/c13-10-12-5-3-11(4-6-12)2-1-9-17(15,16)14-7-8-14/h1-6H,7-10,13H2. The average molecular weight is 252 g/mol. The molecular weight excluding hydrogens is 236 g/mol. The molecule has 1 heterocycles. The molecule has 0 amide bonds. The molecule has 4 nitrogen and oxygen atoms in total. The van der Waals surface area contributed by atoms with Gasteiger partial charge >= 0.3 is 0 Å². The fourth-order valence-electron chi connectivity index (χ4n) is 1.50. The van der Waals surface area contributed by atoms with Crippen LogP contribution in [0.3, 0.4) is 0 Å². The van der Waals surface area contributed by atoms with Crippen molar-refractivity contribution in [2.24, 2.45) is 5.73 Å². The zero-order chi connectivity index (χ0) is 12.3. The molecule has 0 aromatic heterocycles. The molecule has 0 aliphatic carbocycles. The second-order valence-electron chi connectivity index (χ2n) is 4.03. The number of hydrogen-bond donors (Lipinski definition) is 1. The summed E-state index contributed by atoms with van der Waals surface area (Å²) in [5.74, 6) is 0.0750. The molecule has 0 radical (unpaired) electrons. The van der Waals surface area contributed by atoms with E-state index in [1.807, 2.05) is 30.3 Å². The number of nitrogens with two attached hydrogens (primary N) is 1. The normalized spacial score (nSPS) is 16.5. The molecule has 1 aromatic rings. The maximum atomic E-state index is 11.5. The second kappa shape index (κ2) is 5.00. The van der Waals surface area contributed by atoms with Crippen molar-refractivity contribution in [1.29, 1.82) is 0 Å². The smallest absolute Gasteiger partial charge is 0.217 e. The fraction of sp³-hybridized carbons (Fsp3) is 0.333. The van der Waals surface area contributed by atoms with Crippen LogP contribution in [0.2, 0.25) is 0 Å². The van der Waals surface area contributed by atoms with Crippen molar-refractivity contribution in [2.45, 2.75) is 6.54 Å². The summed E-state index contributed by atoms with van der Waals surface area (Å²) in [5, 5.41) is 0. The van der Waals surface area contributed by atoms with Gasteiger partial charge in [0.2, 0.25) is 10.0 Å². The Morgan fingerprint density at radius 2 is 1.88 bits per heavy atom. The lowest BCUT2D eigenvalue weighted by Gasteiger charge is -2.00. The van der Waals surface area contributed by atoms with Crippen LogP contribution in [0.25, 0.3) is 6.08 Å². The van der Waals surface area contributed by atoms with Gasteiger partial charge in [0.05, 0.1) is 5.75 Å². The summed E-state index contributed by atoms with van der Waals surface area (Å²) in [4.78, 5) is 0. The molecule has 0 spiro atoms. The van der Waals surface area contributed by atoms with Gasteiger partial charge in [0, 0.05) is 19.6 Å². The SMILES string of the molecule is NCc1ccc(C=CCS(=O)(=O)N2CC2)cc1. The van der Waals surface area contributed by atoms with Crippen LogP contribution in [0, 0.1) is 0 Å². The summed E-state index contributed by atoms with van der Waals surface area (Å²) < 4.78 is 24.6. The third-order valence-electron chi connectivity index (χ3n) is 2.63. The zero-order valence-electron chi connectivity index (χ0n) is 9.54. The van der Waals surface area contributed by atoms with E-state index in [1.165, 1.54) is 4.31 Å². The first kappa shape index (κ1) is 12.3. The molecule has 1 aromatic carbocycles. The van der Waals surface area contributed by atoms with E-state index in [9.17, 15) is 8.42 Å². The van der Waals surface area contributed by atoms with Crippen molar-refractivity contribution in [1.82, 2.24) is 4.31 Å². The molecule has 92 valence electrons. The van der Waals surface area contributed by atoms with Crippen LogP contribution < -0.4 is 5.73 Å². The second-order valence-corrected chi connectivity index (χ2v) is 6.04. The van der Waals surface area contributed by atoms with Crippen LogP contribution in [0.1, 0.15) is 11.1 Å². The molecule has 0 unspecified atom stereocenters. The quantitative estimate of drug-likeness (QED) is 0.789. The van der Waals surface area contributed by atoms with E-state index in [0.717, 1.165) is 11.1 Å². The molecule has 5 heteroatoms. The van der Waals surface area contributed by atoms with E-state index in [2.05, 4.69) is 0 Å². The summed E-state index contributed by atoms with van der Waals surface area (Å²) >= 11 is 0. The van der Waals surface area contributed by atoms with Crippen LogP contribution in [-0.4, -0.2) is 31.6 Å². The van der Waals surface area contributed by atoms with Gasteiger partial charge in [-0.15, -0.1) is 0 Å². The van der Waals surface area contributed by atoms with Crippen molar-refractivity contribution in [2.75, 3.05) is 18.8 Å². The topological polar surface area (TPSA) is 63.2 Å². The fourth-order valence-corrected chi connectivity index (χ4v) is 2.68. The highest BCUT2D eigenvalue weighted by atomic mass is 32.2. The molecule has 1 aliphatic heterocycles. The monoisotopic (exact) mass is 252 g/mol. The number of hydrogen-bond acceptors (Lipinski definition) is 3. The van der Waals surface area contributed by atoms with Crippen LogP contribution >= 0.6 is 0 Å². The lowest BCUT2D eigenvalue weighted by molar-refractivity contribution is 0.566. The first-order chi connectivity index (χ1) is 8.12. The third-order valence-corrected chi connectivity index (χ3v) is 4.40. The van der Waals surface area contributed by atoms with Crippen molar-refractivity contribution in [3.8, 4) is 0 Å². The minimum atomic E-state index is -3.04. The van der Waals surface area contributed by atoms with Gasteiger partial charge in [-0.3, -0.25) is 0 Å². The summed E-state index contributed by atoms with van der Waals surface area (Å²) in [6.45, 7) is 1.86. The van der Waals surface area contributed by atoms with Gasteiger partial charge in [-0.1, -0.05) is 36.4 Å². The predicted octanol–water partition coefficient (Wildman–Crippen LogP) is 0.804. The Morgan fingerprint density at radius 1 is 1.24 bits per heavy atom. The number of sulfonamides is 1. The van der Waals surface area contributed by atoms with Crippen molar-refractivity contribution >= 4 is 16.1 Å². The minimum Gasteiger partial charge on any atom is -0.326 e. The van der Waals surface area contributed by atoms with Crippen LogP contribution in [0.15, 0.2) is 30.3 Å². The van der Waals surface area contributed by atoms with Gasteiger partial charge in [-0.05, 0) is 11.1 Å². The molecule has 1 fully saturated rings. The first-order valence-corrected chi connectivity index (χ1v) is 7.16. The maximum Gasteiger partial charge on any atom is 0.217 e. The van der Waals surface area contributed by atoms with E-state index < -0.39 is 10.0 Å². The van der Waals surface area contributed by atoms with Crippen molar-refractivity contribution in [3.63, 3.8) is 0 Å². The van der Waals surface area contributed by atoms with E-state index in [1.54, 1.807) is 6.08 Å². The van der Waals surface area contributed by atoms with E-state index in [4.69, 9.17) is 5.73 Å². The summed E-state index contributed by atoms with van der Waals surface area (Å²) in [5.41, 5.74) is 7.55. The van der Waals surface area contributed by atoms with Gasteiger partial charge < -0.3 is 5.73 Å². The molecular formula is C12H16N2O2S. The van der Waals surface area contributed by atoms with Crippen molar-refractivity contribution in [3.05, 3.63) is 41.5 Å². The Morgan fingerprint density at radius 3 is 2.41 bits per heavy atom. The molecule has 1 saturated heterocycles. The Bertz CT molecular complexity index is 502. The lowest BCUT2D eigenvalue weighted by atomic mass is 10.1. The van der Waals surface area contributed by atoms with Gasteiger partial charge in [-0.2, -0.15) is 4.31 Å². The molecule has 0 bridgehead atoms. The van der Waals surface area contributed by atoms with Crippen LogP contribution in [-0.2, 0) is 16.6 Å². The Kier molecular flexibility index (Phi) is 3.61. The van der Waals surface area contributed by atoms with Crippen LogP contribution in [0.5, 0.6) is 0 Å². The molecule has 0 atom stereocenters. The predicted molar refractivity (Wildman–Crippen MR) is 68.7 cm³/mol. The van der Waals surface area contributed by atoms with Gasteiger partial charge in [0.25, 0.3) is 0 Å². The Balaban J connectivity index is 1.95. The maximum absolute atomic E-state index is 11.5. The number of benzene rings is 1. The summed E-state index contributed by atoms with van der Waals surface area (Å²) in [7, 11) is -3.04. The summed E-state index contributed by atoms with van der Waals surface area (Å²) in [6.07, 6.45) is 3.51. The average Bonchev–Trinajstić information content (AvgIpc) is 3.14. The highest BCUT2D eigenvalue weighted by Crippen LogP contribution is 2.13. The van der Waals surface area contributed by atoms with E-state index in [0.29, 0.717) is 19.6 Å². The van der Waals surface area contributed by atoms with Gasteiger partial charge in [0.1, 0.15) is 0 Å². The Labute approximate surface area is 102 Å². The lowest BCUT2D eigenvalue weighted by Crippen LogP contribution is -2.13. The van der Waals surface area contributed by atoms with Crippen molar-refractivity contribution < 1.29 is 8.42 Å². The Hall–Kier alpha value is -1.17. The molecule has 2 rings (SSSR count). The number of rotatable bonds is 5. The third kappa shape index (κ3) is 3.39. The largest absolute Gasteiger partial charge is 0.326 e. The highest BCUT2D eigenvalue weighted by molar-refractivity contribution is 7.89. The minimum absolute atomic E-state index is 0.0750. The van der Waals surface area contributed by atoms with Crippen LogP contribution in [0.4, 0.5) is 0 Å². The number of nitrogens with zero attached hydrogens (tertiary/aromatic N) is 1. The molecule has 1 aliphatic rings. The summed E-state index contributed by atoms with van der Waals surface area (Å²) in [6, 6.07) is 7.75. The van der Waals surface area contributed by atoms with E-state index >= 15 is 0 Å². The molecule has 2 N–H and O–H groups in total. The van der Waals surface area contributed by atoms with Gasteiger partial charge in [-0.25, -0.2) is 8.42 Å². The highest BCUT2D eigenvalue weighted by Gasteiger charge is 2.30. The van der Waals surface area contributed by atoms with E-state index in [-0.39, 0.29) is 5.75 Å². The first-order valence-electron chi connectivity index (χ1n) is 5.55. The van der Waals surface area contributed by atoms with Gasteiger partial charge in [0.15, 0.2) is 0 Å².